The minimum Gasteiger partial charge on any atom is -0.399 e. The lowest BCUT2D eigenvalue weighted by Crippen LogP contribution is -2.07. The Morgan fingerprint density at radius 1 is 0.429 bits per heavy atom. The zero-order chi connectivity index (χ0) is 19.8. The van der Waals surface area contributed by atoms with Crippen molar-refractivity contribution in [2.24, 2.45) is 5.92 Å². The van der Waals surface area contributed by atoms with E-state index >= 15 is 0 Å². The molecule has 0 saturated carbocycles. The maximum Gasteiger partial charge on any atom is 0.0314 e. The maximum absolute atomic E-state index is 5.81. The van der Waals surface area contributed by atoms with Crippen LogP contribution >= 0.6 is 0 Å². The number of rotatable bonds is 9. The van der Waals surface area contributed by atoms with E-state index in [-0.39, 0.29) is 0 Å². The lowest BCUT2D eigenvalue weighted by molar-refractivity contribution is 0.420. The van der Waals surface area contributed by atoms with E-state index in [1.165, 1.54) is 36.0 Å². The predicted octanol–water partition coefficient (Wildman–Crippen LogP) is 5.25. The van der Waals surface area contributed by atoms with Gasteiger partial charge in [-0.05, 0) is 97.5 Å². The average molecular weight is 374 g/mol. The highest BCUT2D eigenvalue weighted by Gasteiger charge is 2.11. The van der Waals surface area contributed by atoms with Crippen LogP contribution in [0.15, 0.2) is 72.8 Å². The molecule has 3 heteroatoms. The fraction of sp³-hybridized carbons (Fsp3) is 0.280. The van der Waals surface area contributed by atoms with Crippen molar-refractivity contribution in [2.75, 3.05) is 17.2 Å². The van der Waals surface area contributed by atoms with Crippen molar-refractivity contribution in [3.05, 3.63) is 89.5 Å². The molecule has 3 aromatic carbocycles. The van der Waals surface area contributed by atoms with Gasteiger partial charge in [0, 0.05) is 17.1 Å². The van der Waals surface area contributed by atoms with E-state index in [0.29, 0.717) is 5.92 Å². The van der Waals surface area contributed by atoms with Gasteiger partial charge in [-0.2, -0.15) is 0 Å². The van der Waals surface area contributed by atoms with Gasteiger partial charge in [0.1, 0.15) is 0 Å². The second-order valence-corrected chi connectivity index (χ2v) is 7.71. The van der Waals surface area contributed by atoms with Crippen LogP contribution in [0.25, 0.3) is 0 Å². The summed E-state index contributed by atoms with van der Waals surface area (Å²) in [6, 6.07) is 24.8. The zero-order valence-corrected chi connectivity index (χ0v) is 16.5. The third-order valence-electron chi connectivity index (χ3n) is 5.46. The van der Waals surface area contributed by atoms with Crippen molar-refractivity contribution in [3.8, 4) is 0 Å². The Morgan fingerprint density at radius 2 is 0.679 bits per heavy atom. The maximum atomic E-state index is 5.81. The minimum absolute atomic E-state index is 0.674. The number of hydrogen-bond donors (Lipinski definition) is 3. The first kappa shape index (κ1) is 19.8. The first-order valence-electron chi connectivity index (χ1n) is 10.1. The molecule has 3 rings (SSSR count). The lowest BCUT2D eigenvalue weighted by atomic mass is 9.88. The molecule has 0 bridgehead atoms. The van der Waals surface area contributed by atoms with Crippen LogP contribution in [0.4, 0.5) is 17.1 Å². The number of benzene rings is 3. The van der Waals surface area contributed by atoms with Gasteiger partial charge in [0.25, 0.3) is 0 Å². The monoisotopic (exact) mass is 373 g/mol. The summed E-state index contributed by atoms with van der Waals surface area (Å²) in [4.78, 5) is 0. The summed E-state index contributed by atoms with van der Waals surface area (Å²) in [5, 5.41) is 0. The van der Waals surface area contributed by atoms with Crippen molar-refractivity contribution in [3.63, 3.8) is 0 Å². The van der Waals surface area contributed by atoms with Crippen LogP contribution in [0, 0.1) is 5.92 Å². The molecule has 3 nitrogen and oxygen atoms in total. The average Bonchev–Trinajstić information content (AvgIpc) is 2.71. The third-order valence-corrected chi connectivity index (χ3v) is 5.46. The van der Waals surface area contributed by atoms with Gasteiger partial charge in [0.15, 0.2) is 0 Å². The van der Waals surface area contributed by atoms with Gasteiger partial charge < -0.3 is 17.2 Å². The van der Waals surface area contributed by atoms with Crippen LogP contribution in [0.2, 0.25) is 0 Å². The van der Waals surface area contributed by atoms with Crippen LogP contribution in [0.3, 0.4) is 0 Å². The topological polar surface area (TPSA) is 78.1 Å². The number of anilines is 3. The van der Waals surface area contributed by atoms with Gasteiger partial charge in [0.2, 0.25) is 0 Å². The minimum atomic E-state index is 0.674. The van der Waals surface area contributed by atoms with Gasteiger partial charge >= 0.3 is 0 Å². The molecule has 0 spiro atoms. The van der Waals surface area contributed by atoms with E-state index in [0.717, 1.165) is 36.3 Å². The molecule has 0 saturated heterocycles. The zero-order valence-electron chi connectivity index (χ0n) is 16.5. The number of nitrogen functional groups attached to an aromatic ring is 3. The lowest BCUT2D eigenvalue weighted by Gasteiger charge is -2.17. The Bertz CT molecular complexity index is 719. The van der Waals surface area contributed by atoms with E-state index in [9.17, 15) is 0 Å². The van der Waals surface area contributed by atoms with Crippen molar-refractivity contribution in [1.29, 1.82) is 0 Å². The molecule has 0 unspecified atom stereocenters. The van der Waals surface area contributed by atoms with Crippen molar-refractivity contribution < 1.29 is 0 Å². The molecular formula is C25H31N3. The molecule has 0 heterocycles. The summed E-state index contributed by atoms with van der Waals surface area (Å²) in [6.45, 7) is 0. The summed E-state index contributed by atoms with van der Waals surface area (Å²) in [5.41, 5.74) is 24.0. The molecule has 3 aromatic rings. The molecule has 0 atom stereocenters. The fourth-order valence-corrected chi connectivity index (χ4v) is 3.60. The van der Waals surface area contributed by atoms with E-state index in [1.807, 2.05) is 36.4 Å². The highest BCUT2D eigenvalue weighted by molar-refractivity contribution is 5.40. The molecule has 146 valence electrons. The van der Waals surface area contributed by atoms with Crippen LogP contribution in [0.5, 0.6) is 0 Å². The van der Waals surface area contributed by atoms with Crippen LogP contribution in [0.1, 0.15) is 36.0 Å². The molecular weight excluding hydrogens is 342 g/mol. The first-order valence-corrected chi connectivity index (χ1v) is 10.1. The molecule has 6 N–H and O–H groups in total. The normalized spacial score (nSPS) is 11.0. The third kappa shape index (κ3) is 6.34. The number of nitrogens with two attached hydrogens (primary N) is 3. The summed E-state index contributed by atoms with van der Waals surface area (Å²) >= 11 is 0. The summed E-state index contributed by atoms with van der Waals surface area (Å²) in [5.74, 6) is 0.674. The molecule has 0 aromatic heterocycles. The Labute approximate surface area is 168 Å². The standard InChI is InChI=1S/C25H31N3/c26-23-13-7-20(8-14-23)4-1-19(2-5-21-9-15-24(27)16-10-21)3-6-22-11-17-25(28)18-12-22/h7-19H,1-6,26-28H2. The van der Waals surface area contributed by atoms with Gasteiger partial charge in [-0.25, -0.2) is 0 Å². The molecule has 0 aliphatic carbocycles. The molecule has 0 fully saturated rings. The highest BCUT2D eigenvalue weighted by Crippen LogP contribution is 2.23. The van der Waals surface area contributed by atoms with Crippen LogP contribution in [-0.2, 0) is 19.3 Å². The van der Waals surface area contributed by atoms with Crippen molar-refractivity contribution >= 4 is 17.1 Å². The summed E-state index contributed by atoms with van der Waals surface area (Å²) in [6.07, 6.45) is 6.84. The summed E-state index contributed by atoms with van der Waals surface area (Å²) < 4.78 is 0. The van der Waals surface area contributed by atoms with Crippen LogP contribution < -0.4 is 17.2 Å². The molecule has 28 heavy (non-hydrogen) atoms. The van der Waals surface area contributed by atoms with Crippen molar-refractivity contribution in [1.82, 2.24) is 0 Å². The molecule has 0 aliphatic rings. The van der Waals surface area contributed by atoms with Gasteiger partial charge in [0.05, 0.1) is 0 Å². The second kappa shape index (κ2) is 9.84. The Kier molecular flexibility index (Phi) is 6.96. The van der Waals surface area contributed by atoms with Crippen molar-refractivity contribution in [2.45, 2.75) is 38.5 Å². The highest BCUT2D eigenvalue weighted by atomic mass is 14.5. The van der Waals surface area contributed by atoms with Gasteiger partial charge in [-0.1, -0.05) is 36.4 Å². The SMILES string of the molecule is Nc1ccc(CCC(CCc2ccc(N)cc2)CCc2ccc(N)cc2)cc1. The second-order valence-electron chi connectivity index (χ2n) is 7.71. The molecule has 0 amide bonds. The Morgan fingerprint density at radius 3 is 0.929 bits per heavy atom. The Hall–Kier alpha value is -2.94. The number of aryl methyl sites for hydroxylation is 3. The Balaban J connectivity index is 1.58. The molecule has 0 aliphatic heterocycles. The van der Waals surface area contributed by atoms with E-state index < -0.39 is 0 Å². The first-order chi connectivity index (χ1) is 13.6. The number of hydrogen-bond acceptors (Lipinski definition) is 3. The van der Waals surface area contributed by atoms with Gasteiger partial charge in [-0.15, -0.1) is 0 Å². The largest absolute Gasteiger partial charge is 0.399 e. The van der Waals surface area contributed by atoms with E-state index in [4.69, 9.17) is 17.2 Å². The van der Waals surface area contributed by atoms with Crippen LogP contribution in [-0.4, -0.2) is 0 Å². The smallest absolute Gasteiger partial charge is 0.0314 e. The fourth-order valence-electron chi connectivity index (χ4n) is 3.60. The van der Waals surface area contributed by atoms with Gasteiger partial charge in [-0.3, -0.25) is 0 Å². The molecule has 0 radical (unpaired) electrons. The summed E-state index contributed by atoms with van der Waals surface area (Å²) in [7, 11) is 0. The van der Waals surface area contributed by atoms with E-state index in [1.54, 1.807) is 0 Å². The predicted molar refractivity (Wildman–Crippen MR) is 121 cm³/mol. The quantitative estimate of drug-likeness (QED) is 0.448. The van der Waals surface area contributed by atoms with E-state index in [2.05, 4.69) is 36.4 Å².